The Hall–Kier alpha value is -3.12. The zero-order chi connectivity index (χ0) is 21.4. The smallest absolute Gasteiger partial charge is 0.260 e. The molecule has 1 saturated heterocycles. The second-order valence-electron chi connectivity index (χ2n) is 8.04. The average Bonchev–Trinajstić information content (AvgIpc) is 3.27. The number of thiazole rings is 1. The number of rotatable bonds is 4. The van der Waals surface area contributed by atoms with Crippen LogP contribution in [0.25, 0.3) is 21.0 Å². The fourth-order valence-electron chi connectivity index (χ4n) is 4.02. The van der Waals surface area contributed by atoms with Crippen LogP contribution in [0.4, 0.5) is 5.13 Å². The number of hydrogen-bond acceptors (Lipinski definition) is 5. The van der Waals surface area contributed by atoms with Crippen LogP contribution in [0, 0.1) is 13.8 Å². The molecule has 6 heteroatoms. The van der Waals surface area contributed by atoms with Crippen molar-refractivity contribution in [1.29, 1.82) is 0 Å². The standard InChI is InChI=1S/C25H25N3O2S/c1-17-7-8-18(2)24-23(17)26-25(31-24)28-13-11-27(12-14-28)22(29)16-30-21-10-9-19-5-3-4-6-20(19)15-21/h3-10,15H,11-14,16H2,1-2H3. The largest absolute Gasteiger partial charge is 0.484 e. The molecule has 0 spiro atoms. The maximum absolute atomic E-state index is 12.7. The van der Waals surface area contributed by atoms with E-state index in [9.17, 15) is 4.79 Å². The van der Waals surface area contributed by atoms with Gasteiger partial charge in [0.1, 0.15) is 5.75 Å². The number of fused-ring (bicyclic) bond motifs is 2. The van der Waals surface area contributed by atoms with E-state index in [1.54, 1.807) is 11.3 Å². The summed E-state index contributed by atoms with van der Waals surface area (Å²) < 4.78 is 7.05. The van der Waals surface area contributed by atoms with Gasteiger partial charge in [0.25, 0.3) is 5.91 Å². The van der Waals surface area contributed by atoms with Gasteiger partial charge in [-0.2, -0.15) is 0 Å². The normalized spacial score (nSPS) is 14.4. The summed E-state index contributed by atoms with van der Waals surface area (Å²) in [6.07, 6.45) is 0. The third-order valence-corrected chi connectivity index (χ3v) is 7.17. The number of benzene rings is 3. The summed E-state index contributed by atoms with van der Waals surface area (Å²) in [5.74, 6) is 0.759. The van der Waals surface area contributed by atoms with Crippen molar-refractivity contribution in [1.82, 2.24) is 9.88 Å². The Labute approximate surface area is 185 Å². The van der Waals surface area contributed by atoms with Crippen molar-refractivity contribution in [2.24, 2.45) is 0 Å². The van der Waals surface area contributed by atoms with Gasteiger partial charge in [0.15, 0.2) is 11.7 Å². The SMILES string of the molecule is Cc1ccc(C)c2sc(N3CCN(C(=O)COc4ccc5ccccc5c4)CC3)nc12. The maximum Gasteiger partial charge on any atom is 0.260 e. The molecule has 1 aliphatic rings. The molecule has 1 aliphatic heterocycles. The lowest BCUT2D eigenvalue weighted by atomic mass is 10.1. The van der Waals surface area contributed by atoms with Gasteiger partial charge in [-0.1, -0.05) is 53.8 Å². The lowest BCUT2D eigenvalue weighted by Crippen LogP contribution is -2.50. The summed E-state index contributed by atoms with van der Waals surface area (Å²) >= 11 is 1.75. The Balaban J connectivity index is 1.19. The first-order chi connectivity index (χ1) is 15.1. The second kappa shape index (κ2) is 8.19. The van der Waals surface area contributed by atoms with Crippen LogP contribution in [0.2, 0.25) is 0 Å². The van der Waals surface area contributed by atoms with Gasteiger partial charge in [-0.15, -0.1) is 0 Å². The third-order valence-electron chi connectivity index (χ3n) is 5.92. The Morgan fingerprint density at radius 2 is 1.71 bits per heavy atom. The zero-order valence-corrected chi connectivity index (χ0v) is 18.6. The molecule has 1 aromatic heterocycles. The van der Waals surface area contributed by atoms with Crippen molar-refractivity contribution >= 4 is 43.4 Å². The lowest BCUT2D eigenvalue weighted by molar-refractivity contribution is -0.133. The Morgan fingerprint density at radius 3 is 2.48 bits per heavy atom. The van der Waals surface area contributed by atoms with Gasteiger partial charge in [-0.25, -0.2) is 4.98 Å². The van der Waals surface area contributed by atoms with Crippen molar-refractivity contribution in [3.63, 3.8) is 0 Å². The van der Waals surface area contributed by atoms with Gasteiger partial charge in [0.2, 0.25) is 0 Å². The molecule has 0 N–H and O–H groups in total. The van der Waals surface area contributed by atoms with Crippen molar-refractivity contribution in [2.75, 3.05) is 37.7 Å². The van der Waals surface area contributed by atoms with Crippen LogP contribution in [0.5, 0.6) is 5.75 Å². The van der Waals surface area contributed by atoms with E-state index in [0.717, 1.165) is 40.3 Å². The molecule has 0 radical (unpaired) electrons. The number of hydrogen-bond donors (Lipinski definition) is 0. The zero-order valence-electron chi connectivity index (χ0n) is 17.8. The molecular weight excluding hydrogens is 406 g/mol. The first-order valence-electron chi connectivity index (χ1n) is 10.6. The minimum absolute atomic E-state index is 0.0313. The molecule has 31 heavy (non-hydrogen) atoms. The van der Waals surface area contributed by atoms with Crippen LogP contribution in [0.15, 0.2) is 54.6 Å². The molecule has 3 aromatic carbocycles. The van der Waals surface area contributed by atoms with Crippen molar-refractivity contribution in [3.8, 4) is 5.75 Å². The van der Waals surface area contributed by atoms with Crippen LogP contribution in [-0.2, 0) is 4.79 Å². The molecule has 0 saturated carbocycles. The highest BCUT2D eigenvalue weighted by atomic mass is 32.1. The maximum atomic E-state index is 12.7. The highest BCUT2D eigenvalue weighted by Gasteiger charge is 2.24. The van der Waals surface area contributed by atoms with Crippen LogP contribution < -0.4 is 9.64 Å². The number of piperazine rings is 1. The van der Waals surface area contributed by atoms with Gasteiger partial charge in [0, 0.05) is 26.2 Å². The number of amides is 1. The number of anilines is 1. The summed E-state index contributed by atoms with van der Waals surface area (Å²) in [6, 6.07) is 18.4. The topological polar surface area (TPSA) is 45.7 Å². The monoisotopic (exact) mass is 431 g/mol. The molecule has 0 unspecified atom stereocenters. The van der Waals surface area contributed by atoms with Crippen LogP contribution in [0.3, 0.4) is 0 Å². The number of aromatic nitrogens is 1. The summed E-state index contributed by atoms with van der Waals surface area (Å²) in [5.41, 5.74) is 3.58. The molecule has 4 aromatic rings. The minimum Gasteiger partial charge on any atom is -0.484 e. The van der Waals surface area contributed by atoms with Crippen LogP contribution >= 0.6 is 11.3 Å². The average molecular weight is 432 g/mol. The third kappa shape index (κ3) is 3.95. The number of aryl methyl sites for hydroxylation is 2. The number of ether oxygens (including phenoxy) is 1. The number of carbonyl (C=O) groups excluding carboxylic acids is 1. The van der Waals surface area contributed by atoms with E-state index in [4.69, 9.17) is 9.72 Å². The molecule has 5 nitrogen and oxygen atoms in total. The Bertz CT molecular complexity index is 1220. The lowest BCUT2D eigenvalue weighted by Gasteiger charge is -2.34. The summed E-state index contributed by atoms with van der Waals surface area (Å²) in [6.45, 7) is 7.27. The molecule has 1 amide bonds. The Morgan fingerprint density at radius 1 is 0.968 bits per heavy atom. The van der Waals surface area contributed by atoms with Gasteiger partial charge < -0.3 is 14.5 Å². The molecule has 158 valence electrons. The van der Waals surface area contributed by atoms with Crippen molar-refractivity contribution in [2.45, 2.75) is 13.8 Å². The summed E-state index contributed by atoms with van der Waals surface area (Å²) in [4.78, 5) is 21.7. The van der Waals surface area contributed by atoms with Gasteiger partial charge in [-0.05, 0) is 47.9 Å². The minimum atomic E-state index is 0.0313. The predicted molar refractivity (Wildman–Crippen MR) is 127 cm³/mol. The van der Waals surface area contributed by atoms with Gasteiger partial charge in [0.05, 0.1) is 10.2 Å². The number of carbonyl (C=O) groups is 1. The predicted octanol–water partition coefficient (Wildman–Crippen LogP) is 4.79. The molecule has 0 aliphatic carbocycles. The molecule has 5 rings (SSSR count). The number of nitrogens with zero attached hydrogens (tertiary/aromatic N) is 3. The molecule has 1 fully saturated rings. The van der Waals surface area contributed by atoms with E-state index in [1.807, 2.05) is 41.3 Å². The van der Waals surface area contributed by atoms with E-state index in [0.29, 0.717) is 13.1 Å². The molecular formula is C25H25N3O2S. The fourth-order valence-corrected chi connectivity index (χ4v) is 5.19. The molecule has 2 heterocycles. The van der Waals surface area contributed by atoms with Gasteiger partial charge in [-0.3, -0.25) is 4.79 Å². The quantitative estimate of drug-likeness (QED) is 0.466. The highest BCUT2D eigenvalue weighted by molar-refractivity contribution is 7.22. The van der Waals surface area contributed by atoms with Gasteiger partial charge >= 0.3 is 0 Å². The second-order valence-corrected chi connectivity index (χ2v) is 9.02. The highest BCUT2D eigenvalue weighted by Crippen LogP contribution is 2.33. The van der Waals surface area contributed by atoms with Crippen LogP contribution in [-0.4, -0.2) is 48.6 Å². The van der Waals surface area contributed by atoms with E-state index in [1.165, 1.54) is 15.8 Å². The van der Waals surface area contributed by atoms with Crippen molar-refractivity contribution < 1.29 is 9.53 Å². The molecule has 0 bridgehead atoms. The van der Waals surface area contributed by atoms with E-state index in [2.05, 4.69) is 36.9 Å². The summed E-state index contributed by atoms with van der Waals surface area (Å²) in [7, 11) is 0. The van der Waals surface area contributed by atoms with Crippen LogP contribution in [0.1, 0.15) is 11.1 Å². The Kier molecular flexibility index (Phi) is 5.24. The van der Waals surface area contributed by atoms with E-state index in [-0.39, 0.29) is 12.5 Å². The molecule has 0 atom stereocenters. The first kappa shape index (κ1) is 19.8. The van der Waals surface area contributed by atoms with E-state index >= 15 is 0 Å². The van der Waals surface area contributed by atoms with Crippen molar-refractivity contribution in [3.05, 3.63) is 65.7 Å². The fraction of sp³-hybridized carbons (Fsp3) is 0.280. The summed E-state index contributed by atoms with van der Waals surface area (Å²) in [5, 5.41) is 3.33. The van der Waals surface area contributed by atoms with E-state index < -0.39 is 0 Å². The first-order valence-corrected chi connectivity index (χ1v) is 11.4.